The molecule has 0 aliphatic heterocycles. The van der Waals surface area contributed by atoms with E-state index in [9.17, 15) is 18.3 Å². The molecule has 2 aromatic carbocycles. The lowest BCUT2D eigenvalue weighted by Crippen LogP contribution is -2.31. The maximum atomic E-state index is 11.9. The molecular formula is C15H14NO5S-. The first-order chi connectivity index (χ1) is 10.5. The van der Waals surface area contributed by atoms with Crippen molar-refractivity contribution >= 4 is 16.0 Å². The highest BCUT2D eigenvalue weighted by Crippen LogP contribution is 2.22. The average molecular weight is 320 g/mol. The van der Waals surface area contributed by atoms with Crippen LogP contribution in [0.25, 0.3) is 0 Å². The smallest absolute Gasteiger partial charge is 0.240 e. The van der Waals surface area contributed by atoms with Gasteiger partial charge in [-0.15, -0.1) is 0 Å². The van der Waals surface area contributed by atoms with Gasteiger partial charge in [-0.05, 0) is 36.4 Å². The van der Waals surface area contributed by atoms with Crippen LogP contribution in [0.3, 0.4) is 0 Å². The molecule has 0 amide bonds. The fraction of sp³-hybridized carbons (Fsp3) is 0.133. The van der Waals surface area contributed by atoms with E-state index in [1.54, 1.807) is 12.1 Å². The highest BCUT2D eigenvalue weighted by Gasteiger charge is 2.13. The number of sulfonamides is 1. The van der Waals surface area contributed by atoms with Crippen LogP contribution >= 0.6 is 0 Å². The van der Waals surface area contributed by atoms with Crippen molar-refractivity contribution < 1.29 is 23.1 Å². The van der Waals surface area contributed by atoms with Crippen molar-refractivity contribution in [2.24, 2.45) is 0 Å². The second-order valence-electron chi connectivity index (χ2n) is 4.41. The van der Waals surface area contributed by atoms with Gasteiger partial charge in [-0.25, -0.2) is 13.1 Å². The second kappa shape index (κ2) is 7.06. The molecule has 0 aromatic heterocycles. The molecular weight excluding hydrogens is 306 g/mol. The first kappa shape index (κ1) is 16.0. The summed E-state index contributed by atoms with van der Waals surface area (Å²) in [5.74, 6) is -0.167. The second-order valence-corrected chi connectivity index (χ2v) is 6.17. The van der Waals surface area contributed by atoms with E-state index < -0.39 is 16.0 Å². The number of benzene rings is 2. The molecule has 0 aliphatic carbocycles. The Morgan fingerprint density at radius 1 is 1.00 bits per heavy atom. The maximum absolute atomic E-state index is 11.9. The van der Waals surface area contributed by atoms with Crippen molar-refractivity contribution in [2.45, 2.75) is 11.3 Å². The molecule has 0 saturated heterocycles. The first-order valence-corrected chi connectivity index (χ1v) is 7.98. The Hall–Kier alpha value is -2.38. The number of carbonyl (C=O) groups is 1. The third-order valence-electron chi connectivity index (χ3n) is 2.73. The number of ether oxygens (including phenoxy) is 1. The van der Waals surface area contributed by atoms with Crippen LogP contribution in [0.5, 0.6) is 11.5 Å². The number of carbonyl (C=O) groups excluding carboxylic acids is 1. The third kappa shape index (κ3) is 4.57. The van der Waals surface area contributed by atoms with Gasteiger partial charge in [-0.2, -0.15) is 0 Å². The van der Waals surface area contributed by atoms with Gasteiger partial charge in [0.1, 0.15) is 11.5 Å². The van der Waals surface area contributed by atoms with Crippen molar-refractivity contribution in [3.8, 4) is 11.5 Å². The summed E-state index contributed by atoms with van der Waals surface area (Å²) in [6.45, 7) is -0.215. The lowest BCUT2D eigenvalue weighted by atomic mass is 10.3. The van der Waals surface area contributed by atoms with Crippen LogP contribution in [0.15, 0.2) is 59.5 Å². The largest absolute Gasteiger partial charge is 0.550 e. The molecule has 2 aromatic rings. The van der Waals surface area contributed by atoms with Crippen molar-refractivity contribution in [3.63, 3.8) is 0 Å². The minimum absolute atomic E-state index is 0.0336. The summed E-state index contributed by atoms with van der Waals surface area (Å²) in [6.07, 6.45) is -0.381. The van der Waals surface area contributed by atoms with Gasteiger partial charge in [-0.1, -0.05) is 18.2 Å². The van der Waals surface area contributed by atoms with E-state index in [2.05, 4.69) is 4.72 Å². The molecule has 0 saturated carbocycles. The van der Waals surface area contributed by atoms with Crippen molar-refractivity contribution in [1.82, 2.24) is 4.72 Å². The van der Waals surface area contributed by atoms with Crippen molar-refractivity contribution in [2.75, 3.05) is 6.54 Å². The van der Waals surface area contributed by atoms with Gasteiger partial charge in [0.05, 0.1) is 4.90 Å². The molecule has 116 valence electrons. The Morgan fingerprint density at radius 2 is 1.59 bits per heavy atom. The van der Waals surface area contributed by atoms with Crippen molar-refractivity contribution in [3.05, 3.63) is 54.6 Å². The maximum Gasteiger partial charge on any atom is 0.240 e. The fourth-order valence-electron chi connectivity index (χ4n) is 1.68. The molecule has 0 radical (unpaired) electrons. The Balaban J connectivity index is 2.03. The standard InChI is InChI=1S/C15H15NO5S/c17-15(18)10-11-16-22(19,20)14-8-6-13(7-9-14)21-12-4-2-1-3-5-12/h1-9,16H,10-11H2,(H,17,18)/p-1. The average Bonchev–Trinajstić information content (AvgIpc) is 2.48. The summed E-state index contributed by atoms with van der Waals surface area (Å²) in [5.41, 5.74) is 0. The summed E-state index contributed by atoms with van der Waals surface area (Å²) < 4.78 is 31.6. The Morgan fingerprint density at radius 3 is 2.18 bits per heavy atom. The molecule has 0 aliphatic rings. The summed E-state index contributed by atoms with van der Waals surface area (Å²) in [5, 5.41) is 10.3. The lowest BCUT2D eigenvalue weighted by molar-refractivity contribution is -0.305. The van der Waals surface area contributed by atoms with Crippen LogP contribution in [-0.2, 0) is 14.8 Å². The first-order valence-electron chi connectivity index (χ1n) is 6.50. The van der Waals surface area contributed by atoms with E-state index in [4.69, 9.17) is 4.74 Å². The highest BCUT2D eigenvalue weighted by atomic mass is 32.2. The Labute approximate surface area is 128 Å². The van der Waals surface area contributed by atoms with Crippen molar-refractivity contribution in [1.29, 1.82) is 0 Å². The molecule has 0 bridgehead atoms. The van der Waals surface area contributed by atoms with Gasteiger partial charge in [0.25, 0.3) is 0 Å². The van der Waals surface area contributed by atoms with E-state index in [1.165, 1.54) is 24.3 Å². The predicted molar refractivity (Wildman–Crippen MR) is 77.8 cm³/mol. The van der Waals surface area contributed by atoms with Crippen LogP contribution in [0.2, 0.25) is 0 Å². The van der Waals surface area contributed by atoms with E-state index in [0.29, 0.717) is 11.5 Å². The number of nitrogens with one attached hydrogen (secondary N) is 1. The Kier molecular flexibility index (Phi) is 5.13. The summed E-state index contributed by atoms with van der Waals surface area (Å²) >= 11 is 0. The van der Waals surface area contributed by atoms with E-state index in [0.717, 1.165) is 0 Å². The molecule has 0 fully saturated rings. The fourth-order valence-corrected chi connectivity index (χ4v) is 2.71. The molecule has 0 spiro atoms. The van der Waals surface area contributed by atoms with Gasteiger partial charge in [-0.3, -0.25) is 0 Å². The minimum Gasteiger partial charge on any atom is -0.550 e. The Bertz CT molecular complexity index is 726. The van der Waals surface area contributed by atoms with Crippen LogP contribution in [0, 0.1) is 0 Å². The summed E-state index contributed by atoms with van der Waals surface area (Å²) in [6, 6.07) is 14.9. The van der Waals surface area contributed by atoms with Gasteiger partial charge < -0.3 is 14.6 Å². The van der Waals surface area contributed by atoms with Crippen LogP contribution in [0.4, 0.5) is 0 Å². The summed E-state index contributed by atoms with van der Waals surface area (Å²) in [4.78, 5) is 10.3. The van der Waals surface area contributed by atoms with Crippen LogP contribution in [0.1, 0.15) is 6.42 Å². The van der Waals surface area contributed by atoms with E-state index in [1.807, 2.05) is 18.2 Å². The molecule has 7 heteroatoms. The zero-order chi connectivity index (χ0) is 16.0. The van der Waals surface area contributed by atoms with Gasteiger partial charge in [0.15, 0.2) is 0 Å². The van der Waals surface area contributed by atoms with Gasteiger partial charge in [0, 0.05) is 18.9 Å². The highest BCUT2D eigenvalue weighted by molar-refractivity contribution is 7.89. The number of carboxylic acids is 1. The van der Waals surface area contributed by atoms with Gasteiger partial charge in [0.2, 0.25) is 10.0 Å². The molecule has 2 rings (SSSR count). The van der Waals surface area contributed by atoms with Crippen LogP contribution < -0.4 is 14.6 Å². The number of aliphatic carboxylic acids is 1. The number of rotatable bonds is 7. The zero-order valence-corrected chi connectivity index (χ0v) is 12.4. The van der Waals surface area contributed by atoms with E-state index >= 15 is 0 Å². The molecule has 22 heavy (non-hydrogen) atoms. The monoisotopic (exact) mass is 320 g/mol. The predicted octanol–water partition coefficient (Wildman–Crippen LogP) is 0.897. The minimum atomic E-state index is -3.74. The molecule has 0 atom stereocenters. The molecule has 0 heterocycles. The molecule has 0 unspecified atom stereocenters. The van der Waals surface area contributed by atoms with Gasteiger partial charge >= 0.3 is 0 Å². The number of carboxylic acid groups (broad SMARTS) is 1. The number of hydrogen-bond donors (Lipinski definition) is 1. The molecule has 1 N–H and O–H groups in total. The number of para-hydroxylation sites is 1. The zero-order valence-electron chi connectivity index (χ0n) is 11.6. The topological polar surface area (TPSA) is 95.5 Å². The lowest BCUT2D eigenvalue weighted by Gasteiger charge is -2.09. The van der Waals surface area contributed by atoms with Crippen LogP contribution in [-0.4, -0.2) is 20.9 Å². The number of hydrogen-bond acceptors (Lipinski definition) is 5. The molecule has 6 nitrogen and oxygen atoms in total. The SMILES string of the molecule is O=C([O-])CCNS(=O)(=O)c1ccc(Oc2ccccc2)cc1. The normalized spacial score (nSPS) is 11.1. The summed E-state index contributed by atoms with van der Waals surface area (Å²) in [7, 11) is -3.74. The quantitative estimate of drug-likeness (QED) is 0.817. The van der Waals surface area contributed by atoms with E-state index in [-0.39, 0.29) is 17.9 Å². The third-order valence-corrected chi connectivity index (χ3v) is 4.21.